The van der Waals surface area contributed by atoms with E-state index in [9.17, 15) is 9.59 Å². The lowest BCUT2D eigenvalue weighted by atomic mass is 9.91. The van der Waals surface area contributed by atoms with Crippen LogP contribution >= 0.6 is 0 Å². The number of hydrogen-bond acceptors (Lipinski definition) is 6. The minimum Gasteiger partial charge on any atom is -0.438 e. The second-order valence-corrected chi connectivity index (χ2v) is 3.63. The Bertz CT molecular complexity index is 216. The van der Waals surface area contributed by atoms with Crippen LogP contribution in [0.3, 0.4) is 0 Å². The van der Waals surface area contributed by atoms with Gasteiger partial charge < -0.3 is 19.7 Å². The van der Waals surface area contributed by atoms with Crippen molar-refractivity contribution in [3.63, 3.8) is 0 Å². The minimum absolute atomic E-state index is 0.296. The summed E-state index contributed by atoms with van der Waals surface area (Å²) in [4.78, 5) is 22.8. The molecule has 0 fully saturated rings. The lowest BCUT2D eigenvalue weighted by Gasteiger charge is -2.18. The Kier molecular flexibility index (Phi) is 8.35. The molecule has 0 aliphatic carbocycles. The van der Waals surface area contributed by atoms with Gasteiger partial charge in [-0.15, -0.1) is 0 Å². The number of hydrogen-bond donors (Lipinski definition) is 2. The van der Waals surface area contributed by atoms with Crippen LogP contribution in [0.2, 0.25) is 0 Å². The van der Waals surface area contributed by atoms with Crippen LogP contribution in [0.4, 0.5) is 0 Å². The molecule has 0 heterocycles. The van der Waals surface area contributed by atoms with Crippen molar-refractivity contribution in [1.82, 2.24) is 0 Å². The molecule has 6 heteroatoms. The normalized spacial score (nSPS) is 13.9. The second-order valence-electron chi connectivity index (χ2n) is 3.63. The fraction of sp³-hybridized carbons (Fsp3) is 0.818. The zero-order valence-electron chi connectivity index (χ0n) is 10.2. The molecule has 0 aromatic rings. The smallest absolute Gasteiger partial charge is 0.311 e. The van der Waals surface area contributed by atoms with E-state index < -0.39 is 37.4 Å². The Hall–Kier alpha value is -1.14. The van der Waals surface area contributed by atoms with Gasteiger partial charge in [0, 0.05) is 0 Å². The molecule has 2 unspecified atom stereocenters. The van der Waals surface area contributed by atoms with Gasteiger partial charge >= 0.3 is 11.9 Å². The van der Waals surface area contributed by atoms with E-state index in [0.29, 0.717) is 19.3 Å². The maximum atomic E-state index is 11.4. The van der Waals surface area contributed by atoms with E-state index in [1.54, 1.807) is 13.8 Å². The molecule has 0 aliphatic heterocycles. The molecule has 0 saturated heterocycles. The fourth-order valence-electron chi connectivity index (χ4n) is 1.57. The molecule has 6 nitrogen and oxygen atoms in total. The highest BCUT2D eigenvalue weighted by Crippen LogP contribution is 2.21. The van der Waals surface area contributed by atoms with E-state index in [1.165, 1.54) is 0 Å². The van der Waals surface area contributed by atoms with E-state index >= 15 is 0 Å². The summed E-state index contributed by atoms with van der Waals surface area (Å²) in [5.74, 6) is -1.94. The molecule has 0 aliphatic rings. The Morgan fingerprint density at radius 2 is 1.29 bits per heavy atom. The molecule has 0 spiro atoms. The maximum absolute atomic E-state index is 11.4. The van der Waals surface area contributed by atoms with Crippen molar-refractivity contribution in [2.75, 3.05) is 13.6 Å². The highest BCUT2D eigenvalue weighted by Gasteiger charge is 2.26. The van der Waals surface area contributed by atoms with Crippen molar-refractivity contribution in [3.8, 4) is 0 Å². The summed E-state index contributed by atoms with van der Waals surface area (Å²) in [6, 6.07) is 0. The first kappa shape index (κ1) is 15.9. The average Bonchev–Trinajstić information content (AvgIpc) is 2.31. The monoisotopic (exact) mass is 248 g/mol. The number of aliphatic hydroxyl groups is 2. The molecule has 100 valence electrons. The second kappa shape index (κ2) is 8.95. The van der Waals surface area contributed by atoms with Crippen molar-refractivity contribution < 1.29 is 29.3 Å². The van der Waals surface area contributed by atoms with Crippen molar-refractivity contribution in [1.29, 1.82) is 0 Å². The van der Waals surface area contributed by atoms with Crippen LogP contribution in [-0.2, 0) is 19.1 Å². The van der Waals surface area contributed by atoms with Crippen LogP contribution in [0.15, 0.2) is 0 Å². The highest BCUT2D eigenvalue weighted by atomic mass is 16.6. The van der Waals surface area contributed by atoms with Gasteiger partial charge in [0.1, 0.15) is 0 Å². The van der Waals surface area contributed by atoms with Gasteiger partial charge in [-0.05, 0) is 19.3 Å². The Balaban J connectivity index is 4.40. The largest absolute Gasteiger partial charge is 0.438 e. The van der Waals surface area contributed by atoms with Gasteiger partial charge in [-0.2, -0.15) is 0 Å². The molecule has 0 saturated carbocycles. The highest BCUT2D eigenvalue weighted by molar-refractivity contribution is 5.75. The molecule has 0 rings (SSSR count). The lowest BCUT2D eigenvalue weighted by molar-refractivity contribution is -0.161. The molecular weight excluding hydrogens is 228 g/mol. The first-order valence-electron chi connectivity index (χ1n) is 5.65. The van der Waals surface area contributed by atoms with E-state index in [4.69, 9.17) is 10.2 Å². The fourth-order valence-corrected chi connectivity index (χ4v) is 1.57. The molecule has 2 N–H and O–H groups in total. The van der Waals surface area contributed by atoms with E-state index in [1.807, 2.05) is 0 Å². The Morgan fingerprint density at radius 3 is 1.53 bits per heavy atom. The van der Waals surface area contributed by atoms with Crippen molar-refractivity contribution in [2.24, 2.45) is 11.8 Å². The van der Waals surface area contributed by atoms with Gasteiger partial charge in [0.2, 0.25) is 0 Å². The van der Waals surface area contributed by atoms with Crippen LogP contribution in [0.25, 0.3) is 0 Å². The van der Waals surface area contributed by atoms with Gasteiger partial charge in [0.15, 0.2) is 13.6 Å². The molecule has 0 aromatic carbocycles. The predicted molar refractivity (Wildman–Crippen MR) is 58.5 cm³/mol. The summed E-state index contributed by atoms with van der Waals surface area (Å²) in [5, 5.41) is 17.0. The minimum atomic E-state index is -0.660. The average molecular weight is 248 g/mol. The standard InChI is InChI=1S/C11H20O6/c1-3-8(10(14)16-6-12)5-9(4-2)11(15)17-7-13/h8-9,12-13H,3-7H2,1-2H3. The maximum Gasteiger partial charge on any atom is 0.311 e. The van der Waals surface area contributed by atoms with Crippen LogP contribution < -0.4 is 0 Å². The van der Waals surface area contributed by atoms with Crippen molar-refractivity contribution in [2.45, 2.75) is 33.1 Å². The summed E-state index contributed by atoms with van der Waals surface area (Å²) >= 11 is 0. The molecule has 0 radical (unpaired) electrons. The summed E-state index contributed by atoms with van der Waals surface area (Å²) in [6.45, 7) is 2.28. The van der Waals surface area contributed by atoms with Gasteiger partial charge in [0.05, 0.1) is 11.8 Å². The Labute approximate surface area is 101 Å². The molecule has 2 atom stereocenters. The molecule has 0 amide bonds. The summed E-state index contributed by atoms with van der Waals surface area (Å²) < 4.78 is 8.99. The first-order chi connectivity index (χ1) is 8.10. The summed E-state index contributed by atoms with van der Waals surface area (Å²) in [7, 11) is 0. The van der Waals surface area contributed by atoms with E-state index in [0.717, 1.165) is 0 Å². The molecule has 17 heavy (non-hydrogen) atoms. The molecule has 0 bridgehead atoms. The topological polar surface area (TPSA) is 93.1 Å². The van der Waals surface area contributed by atoms with Crippen molar-refractivity contribution >= 4 is 11.9 Å². The molecular formula is C11H20O6. The third-order valence-corrected chi connectivity index (χ3v) is 2.63. The lowest BCUT2D eigenvalue weighted by Crippen LogP contribution is -2.25. The number of carbonyl (C=O) groups is 2. The summed E-state index contributed by atoms with van der Waals surface area (Å²) in [5.41, 5.74) is 0. The van der Waals surface area contributed by atoms with Gasteiger partial charge in [-0.25, -0.2) is 0 Å². The summed E-state index contributed by atoms with van der Waals surface area (Å²) in [6.07, 6.45) is 1.33. The quantitative estimate of drug-likeness (QED) is 0.477. The van der Waals surface area contributed by atoms with Crippen molar-refractivity contribution in [3.05, 3.63) is 0 Å². The first-order valence-corrected chi connectivity index (χ1v) is 5.65. The van der Waals surface area contributed by atoms with Gasteiger partial charge in [-0.3, -0.25) is 9.59 Å². The van der Waals surface area contributed by atoms with Crippen LogP contribution in [0.1, 0.15) is 33.1 Å². The van der Waals surface area contributed by atoms with Gasteiger partial charge in [0.25, 0.3) is 0 Å². The van der Waals surface area contributed by atoms with Crippen LogP contribution in [0.5, 0.6) is 0 Å². The number of carbonyl (C=O) groups excluding carboxylic acids is 2. The third-order valence-electron chi connectivity index (χ3n) is 2.63. The zero-order valence-corrected chi connectivity index (χ0v) is 10.2. The van der Waals surface area contributed by atoms with E-state index in [2.05, 4.69) is 9.47 Å². The van der Waals surface area contributed by atoms with Crippen LogP contribution in [-0.4, -0.2) is 35.7 Å². The zero-order chi connectivity index (χ0) is 13.3. The van der Waals surface area contributed by atoms with Crippen LogP contribution in [0, 0.1) is 11.8 Å². The number of ether oxygens (including phenoxy) is 2. The Morgan fingerprint density at radius 1 is 0.941 bits per heavy atom. The predicted octanol–water partition coefficient (Wildman–Crippen LogP) is 0.415. The number of esters is 2. The molecule has 0 aromatic heterocycles. The van der Waals surface area contributed by atoms with E-state index in [-0.39, 0.29) is 0 Å². The third kappa shape index (κ3) is 5.65. The SMILES string of the molecule is CCC(CC(CC)C(=O)OCO)C(=O)OCO. The number of aliphatic hydroxyl groups excluding tert-OH is 2. The number of rotatable bonds is 8. The van der Waals surface area contributed by atoms with Gasteiger partial charge in [-0.1, -0.05) is 13.8 Å².